The predicted octanol–water partition coefficient (Wildman–Crippen LogP) is 1.69. The van der Waals surface area contributed by atoms with Crippen molar-refractivity contribution in [3.8, 4) is 0 Å². The minimum Gasteiger partial charge on any atom is -0.444 e. The maximum absolute atomic E-state index is 11.6. The van der Waals surface area contributed by atoms with Gasteiger partial charge in [-0.1, -0.05) is 0 Å². The number of carbonyl (C=O) groups is 1. The molecule has 1 amide bonds. The molecule has 0 saturated carbocycles. The average molecular weight is 328 g/mol. The summed E-state index contributed by atoms with van der Waals surface area (Å²) in [6, 6.07) is 3.29. The van der Waals surface area contributed by atoms with Crippen molar-refractivity contribution in [1.29, 1.82) is 0 Å². The Morgan fingerprint density at radius 1 is 1.47 bits per heavy atom. The highest BCUT2D eigenvalue weighted by Crippen LogP contribution is 2.13. The molecule has 0 aliphatic rings. The maximum Gasteiger partial charge on any atom is 0.287 e. The quantitative estimate of drug-likeness (QED) is 0.785. The first-order valence-electron chi connectivity index (χ1n) is 5.83. The van der Waals surface area contributed by atoms with Crippen LogP contribution < -0.4 is 5.32 Å². The minimum absolute atomic E-state index is 0.246. The number of hydrogen-bond acceptors (Lipinski definition) is 4. The van der Waals surface area contributed by atoms with Gasteiger partial charge in [0.2, 0.25) is 0 Å². The molecule has 19 heavy (non-hydrogen) atoms. The summed E-state index contributed by atoms with van der Waals surface area (Å²) in [5.74, 6) is 0.0363. The van der Waals surface area contributed by atoms with Gasteiger partial charge in [-0.3, -0.25) is 4.79 Å². The van der Waals surface area contributed by atoms with Gasteiger partial charge in [0.25, 0.3) is 5.91 Å². The number of halogens is 1. The Morgan fingerprint density at radius 2 is 2.37 bits per heavy atom. The number of nitrogens with one attached hydrogen (secondary N) is 1. The molecule has 2 aromatic heterocycles. The van der Waals surface area contributed by atoms with Gasteiger partial charge in [-0.05, 0) is 28.1 Å². The second-order valence-electron chi connectivity index (χ2n) is 3.77. The van der Waals surface area contributed by atoms with Gasteiger partial charge in [-0.25, -0.2) is 4.98 Å². The second-order valence-corrected chi connectivity index (χ2v) is 4.55. The zero-order valence-electron chi connectivity index (χ0n) is 10.2. The largest absolute Gasteiger partial charge is 0.444 e. The van der Waals surface area contributed by atoms with E-state index in [1.165, 1.54) is 0 Å². The smallest absolute Gasteiger partial charge is 0.287 e. The number of amides is 1. The van der Waals surface area contributed by atoms with Crippen molar-refractivity contribution in [2.24, 2.45) is 0 Å². The summed E-state index contributed by atoms with van der Waals surface area (Å²) < 4.78 is 13.0. The van der Waals surface area contributed by atoms with E-state index in [9.17, 15) is 4.79 Å². The van der Waals surface area contributed by atoms with Crippen LogP contribution in [0.25, 0.3) is 0 Å². The van der Waals surface area contributed by atoms with Gasteiger partial charge in [0.15, 0.2) is 10.4 Å². The van der Waals surface area contributed by atoms with Gasteiger partial charge >= 0.3 is 0 Å². The SMILES string of the molecule is O=C(NCCOCCn1ccnc1)c1ccc(Br)o1. The van der Waals surface area contributed by atoms with Gasteiger partial charge in [0, 0.05) is 25.5 Å². The molecule has 0 atom stereocenters. The third kappa shape index (κ3) is 4.53. The third-order valence-electron chi connectivity index (χ3n) is 2.38. The highest BCUT2D eigenvalue weighted by atomic mass is 79.9. The summed E-state index contributed by atoms with van der Waals surface area (Å²) in [5.41, 5.74) is 0. The molecule has 0 unspecified atom stereocenters. The summed E-state index contributed by atoms with van der Waals surface area (Å²) in [6.45, 7) is 2.24. The van der Waals surface area contributed by atoms with E-state index in [0.29, 0.717) is 24.4 Å². The fraction of sp³-hybridized carbons (Fsp3) is 0.333. The van der Waals surface area contributed by atoms with Crippen LogP contribution in [0.1, 0.15) is 10.6 Å². The zero-order chi connectivity index (χ0) is 13.5. The molecule has 102 valence electrons. The van der Waals surface area contributed by atoms with Crippen LogP contribution in [0, 0.1) is 0 Å². The van der Waals surface area contributed by atoms with E-state index in [4.69, 9.17) is 9.15 Å². The lowest BCUT2D eigenvalue weighted by Gasteiger charge is -2.05. The normalized spacial score (nSPS) is 10.6. The lowest BCUT2D eigenvalue weighted by atomic mass is 10.4. The first-order chi connectivity index (χ1) is 9.25. The van der Waals surface area contributed by atoms with Gasteiger partial charge in [0.1, 0.15) is 0 Å². The zero-order valence-corrected chi connectivity index (χ0v) is 11.8. The maximum atomic E-state index is 11.6. The number of carbonyl (C=O) groups excluding carboxylic acids is 1. The summed E-state index contributed by atoms with van der Waals surface area (Å²) >= 11 is 3.14. The molecule has 0 radical (unpaired) electrons. The highest BCUT2D eigenvalue weighted by Gasteiger charge is 2.08. The number of furan rings is 1. The van der Waals surface area contributed by atoms with Crippen LogP contribution >= 0.6 is 15.9 Å². The van der Waals surface area contributed by atoms with Crippen molar-refractivity contribution in [3.05, 3.63) is 41.3 Å². The molecule has 0 aliphatic carbocycles. The summed E-state index contributed by atoms with van der Waals surface area (Å²) in [7, 11) is 0. The highest BCUT2D eigenvalue weighted by molar-refractivity contribution is 9.10. The Balaban J connectivity index is 1.55. The van der Waals surface area contributed by atoms with E-state index in [1.807, 2.05) is 10.8 Å². The van der Waals surface area contributed by atoms with Crippen molar-refractivity contribution in [3.63, 3.8) is 0 Å². The van der Waals surface area contributed by atoms with E-state index in [2.05, 4.69) is 26.2 Å². The fourth-order valence-electron chi connectivity index (χ4n) is 1.45. The number of nitrogens with zero attached hydrogens (tertiary/aromatic N) is 2. The van der Waals surface area contributed by atoms with Crippen molar-refractivity contribution in [1.82, 2.24) is 14.9 Å². The van der Waals surface area contributed by atoms with E-state index >= 15 is 0 Å². The number of hydrogen-bond donors (Lipinski definition) is 1. The van der Waals surface area contributed by atoms with E-state index in [1.54, 1.807) is 24.7 Å². The number of ether oxygens (including phenoxy) is 1. The minimum atomic E-state index is -0.246. The molecule has 2 aromatic rings. The number of aromatic nitrogens is 2. The second kappa shape index (κ2) is 7.10. The molecule has 0 saturated heterocycles. The molecular formula is C12H14BrN3O3. The van der Waals surface area contributed by atoms with Gasteiger partial charge in [-0.15, -0.1) is 0 Å². The van der Waals surface area contributed by atoms with Gasteiger partial charge in [-0.2, -0.15) is 0 Å². The number of imidazole rings is 1. The Morgan fingerprint density at radius 3 is 3.05 bits per heavy atom. The summed E-state index contributed by atoms with van der Waals surface area (Å²) in [6.07, 6.45) is 5.33. The van der Waals surface area contributed by atoms with Crippen LogP contribution in [-0.2, 0) is 11.3 Å². The average Bonchev–Trinajstić information content (AvgIpc) is 3.04. The molecule has 0 bridgehead atoms. The molecule has 2 heterocycles. The molecule has 0 aromatic carbocycles. The van der Waals surface area contributed by atoms with Gasteiger partial charge in [0.05, 0.1) is 19.5 Å². The lowest BCUT2D eigenvalue weighted by Crippen LogP contribution is -2.27. The fourth-order valence-corrected chi connectivity index (χ4v) is 1.76. The Bertz CT molecular complexity index is 510. The monoisotopic (exact) mass is 327 g/mol. The topological polar surface area (TPSA) is 69.3 Å². The first-order valence-corrected chi connectivity index (χ1v) is 6.62. The molecule has 1 N–H and O–H groups in total. The predicted molar refractivity (Wildman–Crippen MR) is 71.8 cm³/mol. The van der Waals surface area contributed by atoms with Crippen molar-refractivity contribution in [2.45, 2.75) is 6.54 Å². The van der Waals surface area contributed by atoms with Crippen LogP contribution in [0.3, 0.4) is 0 Å². The Hall–Kier alpha value is -1.60. The van der Waals surface area contributed by atoms with E-state index in [0.717, 1.165) is 6.54 Å². The third-order valence-corrected chi connectivity index (χ3v) is 2.81. The van der Waals surface area contributed by atoms with Crippen LogP contribution in [0.2, 0.25) is 0 Å². The van der Waals surface area contributed by atoms with Crippen LogP contribution in [0.4, 0.5) is 0 Å². The molecule has 0 fully saturated rings. The van der Waals surface area contributed by atoms with Crippen molar-refractivity contribution >= 4 is 21.8 Å². The summed E-state index contributed by atoms with van der Waals surface area (Å²) in [4.78, 5) is 15.5. The summed E-state index contributed by atoms with van der Waals surface area (Å²) in [5, 5.41) is 2.71. The van der Waals surface area contributed by atoms with E-state index < -0.39 is 0 Å². The molecule has 6 nitrogen and oxygen atoms in total. The number of rotatable bonds is 7. The van der Waals surface area contributed by atoms with Crippen molar-refractivity contribution in [2.75, 3.05) is 19.8 Å². The van der Waals surface area contributed by atoms with Crippen molar-refractivity contribution < 1.29 is 13.9 Å². The molecular weight excluding hydrogens is 314 g/mol. The van der Waals surface area contributed by atoms with Crippen LogP contribution in [0.15, 0.2) is 39.9 Å². The molecule has 0 spiro atoms. The standard InChI is InChI=1S/C12H14BrN3O3/c13-11-2-1-10(19-11)12(17)15-4-7-18-8-6-16-5-3-14-9-16/h1-3,5,9H,4,6-8H2,(H,15,17). The molecule has 0 aliphatic heterocycles. The molecule has 2 rings (SSSR count). The Labute approximate surface area is 118 Å². The van der Waals surface area contributed by atoms with Crippen LogP contribution in [-0.4, -0.2) is 35.2 Å². The van der Waals surface area contributed by atoms with Crippen LogP contribution in [0.5, 0.6) is 0 Å². The van der Waals surface area contributed by atoms with E-state index in [-0.39, 0.29) is 11.7 Å². The Kier molecular flexibility index (Phi) is 5.17. The first kappa shape index (κ1) is 13.8. The van der Waals surface area contributed by atoms with Gasteiger partial charge < -0.3 is 19.0 Å². The molecule has 7 heteroatoms. The lowest BCUT2D eigenvalue weighted by molar-refractivity contribution is 0.0881.